The molecule has 0 spiro atoms. The summed E-state index contributed by atoms with van der Waals surface area (Å²) < 4.78 is 9.98. The monoisotopic (exact) mass is 292 g/mol. The van der Waals surface area contributed by atoms with E-state index < -0.39 is 0 Å². The van der Waals surface area contributed by atoms with E-state index in [1.807, 2.05) is 6.92 Å². The van der Waals surface area contributed by atoms with Crippen molar-refractivity contribution in [3.05, 3.63) is 0 Å². The molecule has 112 valence electrons. The van der Waals surface area contributed by atoms with Crippen LogP contribution in [0, 0.1) is 0 Å². The Kier molecular flexibility index (Phi) is 25.9. The molecule has 0 aromatic heterocycles. The number of hydrogen-bond acceptors (Lipinski definition) is 2. The van der Waals surface area contributed by atoms with Crippen molar-refractivity contribution < 1.29 is 9.16 Å². The van der Waals surface area contributed by atoms with Crippen LogP contribution in [0.15, 0.2) is 0 Å². The lowest BCUT2D eigenvalue weighted by atomic mass is 10.1. The SMILES string of the molecule is CCOC.CCO[SiH2]CCCCCCCC[SiH2]C. The van der Waals surface area contributed by atoms with Gasteiger partial charge in [-0.1, -0.05) is 51.1 Å². The van der Waals surface area contributed by atoms with Crippen molar-refractivity contribution in [1.82, 2.24) is 0 Å². The first-order chi connectivity index (χ1) is 8.83. The van der Waals surface area contributed by atoms with Crippen molar-refractivity contribution in [2.24, 2.45) is 0 Å². The largest absolute Gasteiger partial charge is 0.424 e. The van der Waals surface area contributed by atoms with E-state index in [-0.39, 0.29) is 9.76 Å². The van der Waals surface area contributed by atoms with Gasteiger partial charge in [0, 0.05) is 29.8 Å². The summed E-state index contributed by atoms with van der Waals surface area (Å²) in [6.07, 6.45) is 8.81. The fourth-order valence-electron chi connectivity index (χ4n) is 1.66. The Balaban J connectivity index is 0. The molecule has 0 aromatic carbocycles. The van der Waals surface area contributed by atoms with Crippen molar-refractivity contribution >= 4 is 19.3 Å². The van der Waals surface area contributed by atoms with Crippen LogP contribution in [0.1, 0.15) is 52.4 Å². The third-order valence-corrected chi connectivity index (χ3v) is 5.58. The van der Waals surface area contributed by atoms with Crippen LogP contribution >= 0.6 is 0 Å². The summed E-state index contributed by atoms with van der Waals surface area (Å²) in [4.78, 5) is 0. The van der Waals surface area contributed by atoms with Gasteiger partial charge >= 0.3 is 0 Å². The summed E-state index contributed by atoms with van der Waals surface area (Å²) in [5.74, 6) is 0. The minimum atomic E-state index is -0.131. The second-order valence-electron chi connectivity index (χ2n) is 4.60. The van der Waals surface area contributed by atoms with Gasteiger partial charge in [-0.05, 0) is 19.9 Å². The summed E-state index contributed by atoms with van der Waals surface area (Å²) in [6.45, 7) is 8.23. The molecular formula is C14H36O2Si2. The Bertz CT molecular complexity index is 110. The van der Waals surface area contributed by atoms with Crippen molar-refractivity contribution in [2.75, 3.05) is 20.3 Å². The van der Waals surface area contributed by atoms with Gasteiger partial charge in [-0.3, -0.25) is 0 Å². The van der Waals surface area contributed by atoms with Crippen LogP contribution < -0.4 is 0 Å². The molecule has 0 N–H and O–H groups in total. The van der Waals surface area contributed by atoms with E-state index >= 15 is 0 Å². The maximum Gasteiger partial charge on any atom is 0.161 e. The van der Waals surface area contributed by atoms with Crippen molar-refractivity contribution in [2.45, 2.75) is 71.0 Å². The molecule has 18 heavy (non-hydrogen) atoms. The van der Waals surface area contributed by atoms with Crippen molar-refractivity contribution in [3.8, 4) is 0 Å². The molecular weight excluding hydrogens is 256 g/mol. The third kappa shape index (κ3) is 25.3. The van der Waals surface area contributed by atoms with Gasteiger partial charge < -0.3 is 9.16 Å². The molecule has 0 radical (unpaired) electrons. The second-order valence-corrected chi connectivity index (χ2v) is 7.83. The number of methoxy groups -OCH3 is 1. The first-order valence-corrected chi connectivity index (χ1v) is 11.9. The first kappa shape index (κ1) is 20.7. The van der Waals surface area contributed by atoms with Gasteiger partial charge in [0.1, 0.15) is 0 Å². The fraction of sp³-hybridized carbons (Fsp3) is 1.00. The summed E-state index contributed by atoms with van der Waals surface area (Å²) >= 11 is 0. The molecule has 0 aliphatic rings. The lowest BCUT2D eigenvalue weighted by molar-refractivity contribution is 0.215. The van der Waals surface area contributed by atoms with Crippen LogP contribution in [0.5, 0.6) is 0 Å². The molecule has 0 aromatic rings. The van der Waals surface area contributed by atoms with E-state index in [0.717, 1.165) is 13.2 Å². The highest BCUT2D eigenvalue weighted by molar-refractivity contribution is 6.33. The molecule has 0 heterocycles. The minimum Gasteiger partial charge on any atom is -0.424 e. The summed E-state index contributed by atoms with van der Waals surface area (Å²) in [5, 5.41) is 0. The van der Waals surface area contributed by atoms with Crippen LogP contribution in [0.25, 0.3) is 0 Å². The van der Waals surface area contributed by atoms with E-state index in [1.54, 1.807) is 13.2 Å². The van der Waals surface area contributed by atoms with Gasteiger partial charge in [0.15, 0.2) is 9.76 Å². The highest BCUT2D eigenvalue weighted by Crippen LogP contribution is 2.08. The standard InChI is InChI=1S/C11H28OSi2.C3H8O/c1-3-12-14-11-9-7-5-4-6-8-10-13-2;1-3-4-2/h3-11,13-14H2,1-2H3;3H2,1-2H3. The van der Waals surface area contributed by atoms with Crippen molar-refractivity contribution in [1.29, 1.82) is 0 Å². The minimum absolute atomic E-state index is 0.131. The molecule has 0 rings (SSSR count). The summed E-state index contributed by atoms with van der Waals surface area (Å²) in [5.41, 5.74) is 0. The van der Waals surface area contributed by atoms with E-state index in [1.165, 1.54) is 44.6 Å². The topological polar surface area (TPSA) is 18.5 Å². The van der Waals surface area contributed by atoms with E-state index in [2.05, 4.69) is 18.2 Å². The van der Waals surface area contributed by atoms with Crippen LogP contribution in [0.2, 0.25) is 18.6 Å². The van der Waals surface area contributed by atoms with Gasteiger partial charge in [-0.25, -0.2) is 0 Å². The highest BCUT2D eigenvalue weighted by atomic mass is 28.2. The van der Waals surface area contributed by atoms with Crippen LogP contribution in [0.3, 0.4) is 0 Å². The van der Waals surface area contributed by atoms with Gasteiger partial charge in [0.2, 0.25) is 0 Å². The maximum atomic E-state index is 5.44. The Morgan fingerprint density at radius 2 is 1.28 bits per heavy atom. The fourth-order valence-corrected chi connectivity index (χ4v) is 3.56. The maximum absolute atomic E-state index is 5.44. The lowest BCUT2D eigenvalue weighted by Gasteiger charge is -2.01. The molecule has 4 heteroatoms. The lowest BCUT2D eigenvalue weighted by Crippen LogP contribution is -1.96. The molecule has 2 nitrogen and oxygen atoms in total. The predicted molar refractivity (Wildman–Crippen MR) is 89.4 cm³/mol. The zero-order chi connectivity index (χ0) is 13.9. The Labute approximate surface area is 120 Å². The molecule has 0 saturated carbocycles. The summed E-state index contributed by atoms with van der Waals surface area (Å²) in [6, 6.07) is 2.97. The van der Waals surface area contributed by atoms with Gasteiger partial charge in [-0.2, -0.15) is 0 Å². The zero-order valence-electron chi connectivity index (χ0n) is 13.3. The Morgan fingerprint density at radius 1 is 0.778 bits per heavy atom. The van der Waals surface area contributed by atoms with E-state index in [4.69, 9.17) is 4.43 Å². The Morgan fingerprint density at radius 3 is 1.72 bits per heavy atom. The highest BCUT2D eigenvalue weighted by Gasteiger charge is 1.92. The zero-order valence-corrected chi connectivity index (χ0v) is 16.1. The molecule has 0 amide bonds. The smallest absolute Gasteiger partial charge is 0.161 e. The predicted octanol–water partition coefficient (Wildman–Crippen LogP) is 3.15. The van der Waals surface area contributed by atoms with Crippen LogP contribution in [-0.2, 0) is 9.16 Å². The molecule has 0 aliphatic heterocycles. The van der Waals surface area contributed by atoms with Gasteiger partial charge in [0.05, 0.1) is 0 Å². The van der Waals surface area contributed by atoms with Crippen molar-refractivity contribution in [3.63, 3.8) is 0 Å². The third-order valence-electron chi connectivity index (χ3n) is 2.89. The molecule has 0 atom stereocenters. The quantitative estimate of drug-likeness (QED) is 0.406. The second kappa shape index (κ2) is 22.5. The van der Waals surface area contributed by atoms with Gasteiger partial charge in [0.25, 0.3) is 0 Å². The molecule has 0 bridgehead atoms. The molecule has 0 unspecified atom stereocenters. The first-order valence-electron chi connectivity index (χ1n) is 7.90. The average molecular weight is 293 g/mol. The molecule has 0 saturated heterocycles. The number of hydrogen-bond donors (Lipinski definition) is 0. The number of rotatable bonds is 12. The average Bonchev–Trinajstić information content (AvgIpc) is 2.41. The van der Waals surface area contributed by atoms with E-state index in [0.29, 0.717) is 9.52 Å². The number of ether oxygens (including phenoxy) is 1. The molecule has 0 aliphatic carbocycles. The van der Waals surface area contributed by atoms with Crippen LogP contribution in [-0.4, -0.2) is 39.6 Å². The van der Waals surface area contributed by atoms with Gasteiger partial charge in [-0.15, -0.1) is 0 Å². The number of unbranched alkanes of at least 4 members (excludes halogenated alkanes) is 5. The Hall–Kier alpha value is 0.354. The summed E-state index contributed by atoms with van der Waals surface area (Å²) in [7, 11) is 1.90. The van der Waals surface area contributed by atoms with E-state index in [9.17, 15) is 0 Å². The van der Waals surface area contributed by atoms with Crippen LogP contribution in [0.4, 0.5) is 0 Å². The normalized spacial score (nSPS) is 11.3. The molecule has 0 fully saturated rings.